The van der Waals surface area contributed by atoms with Crippen molar-refractivity contribution in [2.75, 3.05) is 13.1 Å². The summed E-state index contributed by atoms with van der Waals surface area (Å²) < 4.78 is 6.95. The Kier molecular flexibility index (Phi) is 3.04. The first-order valence-corrected chi connectivity index (χ1v) is 5.22. The first kappa shape index (κ1) is 10.9. The predicted octanol–water partition coefficient (Wildman–Crippen LogP) is 0.459. The number of aromatic nitrogens is 2. The van der Waals surface area contributed by atoms with Crippen molar-refractivity contribution in [1.29, 1.82) is 0 Å². The molecule has 0 aromatic carbocycles. The van der Waals surface area contributed by atoms with Crippen LogP contribution in [0, 0.1) is 10.1 Å². The molecule has 0 saturated carbocycles. The van der Waals surface area contributed by atoms with Gasteiger partial charge >= 0.3 is 11.6 Å². The van der Waals surface area contributed by atoms with Gasteiger partial charge < -0.3 is 10.1 Å². The van der Waals surface area contributed by atoms with Gasteiger partial charge in [-0.2, -0.15) is 0 Å². The molecule has 0 atom stereocenters. The summed E-state index contributed by atoms with van der Waals surface area (Å²) in [5.41, 5.74) is -0.0685. The third-order valence-electron chi connectivity index (χ3n) is 2.54. The molecule has 0 unspecified atom stereocenters. The lowest BCUT2D eigenvalue weighted by Gasteiger charge is -2.22. The Labute approximate surface area is 92.5 Å². The topological polar surface area (TPSA) is 82.2 Å². The number of ether oxygens (including phenoxy) is 1. The van der Waals surface area contributed by atoms with Crippen molar-refractivity contribution >= 4 is 5.69 Å². The highest BCUT2D eigenvalue weighted by Crippen LogP contribution is 2.26. The fourth-order valence-corrected chi connectivity index (χ4v) is 1.74. The monoisotopic (exact) mass is 226 g/mol. The summed E-state index contributed by atoms with van der Waals surface area (Å²) in [6.45, 7) is 1.76. The first-order valence-electron chi connectivity index (χ1n) is 5.22. The second kappa shape index (κ2) is 4.48. The number of nitrogens with one attached hydrogen (secondary N) is 1. The highest BCUT2D eigenvalue weighted by molar-refractivity contribution is 5.38. The van der Waals surface area contributed by atoms with Crippen molar-refractivity contribution < 1.29 is 9.66 Å². The average molecular weight is 226 g/mol. The average Bonchev–Trinajstić information content (AvgIpc) is 2.61. The van der Waals surface area contributed by atoms with Crippen molar-refractivity contribution in [2.45, 2.75) is 18.9 Å². The Bertz CT molecular complexity index is 384. The smallest absolute Gasteiger partial charge is 0.350 e. The van der Waals surface area contributed by atoms with E-state index in [0.717, 1.165) is 25.9 Å². The van der Waals surface area contributed by atoms with Crippen molar-refractivity contribution in [2.24, 2.45) is 7.05 Å². The minimum atomic E-state index is -0.469. The summed E-state index contributed by atoms with van der Waals surface area (Å²) >= 11 is 0. The maximum absolute atomic E-state index is 10.7. The molecule has 0 amide bonds. The summed E-state index contributed by atoms with van der Waals surface area (Å²) in [4.78, 5) is 10.3. The van der Waals surface area contributed by atoms with Crippen molar-refractivity contribution in [3.05, 3.63) is 16.3 Å². The van der Waals surface area contributed by atoms with Gasteiger partial charge in [0.1, 0.15) is 12.3 Å². The minimum Gasteiger partial charge on any atom is -0.468 e. The van der Waals surface area contributed by atoms with Crippen LogP contribution in [0.4, 0.5) is 5.69 Å². The molecule has 88 valence electrons. The van der Waals surface area contributed by atoms with Crippen LogP contribution < -0.4 is 10.1 Å². The van der Waals surface area contributed by atoms with E-state index in [1.807, 2.05) is 0 Å². The number of hydrogen-bond donors (Lipinski definition) is 1. The van der Waals surface area contributed by atoms with Gasteiger partial charge in [0.05, 0.1) is 4.92 Å². The van der Waals surface area contributed by atoms with Crippen LogP contribution in [0.1, 0.15) is 12.8 Å². The number of nitrogens with zero attached hydrogens (tertiary/aromatic N) is 3. The highest BCUT2D eigenvalue weighted by Gasteiger charge is 2.24. The van der Waals surface area contributed by atoms with E-state index in [9.17, 15) is 10.1 Å². The summed E-state index contributed by atoms with van der Waals surface area (Å²) in [5.74, 6) is 0.124. The normalized spacial score (nSPS) is 17.3. The number of piperidine rings is 1. The van der Waals surface area contributed by atoms with Crippen LogP contribution in [0.2, 0.25) is 0 Å². The molecule has 1 aliphatic heterocycles. The predicted molar refractivity (Wildman–Crippen MR) is 56.4 cm³/mol. The van der Waals surface area contributed by atoms with Gasteiger partial charge in [0.15, 0.2) is 0 Å². The SMILES string of the molecule is Cn1cc([N+](=O)[O-])c(OC2CCNCC2)n1. The van der Waals surface area contributed by atoms with E-state index in [2.05, 4.69) is 10.4 Å². The molecule has 7 heteroatoms. The third kappa shape index (κ3) is 2.30. The van der Waals surface area contributed by atoms with E-state index >= 15 is 0 Å². The minimum absolute atomic E-state index is 0.0230. The molecule has 2 rings (SSSR count). The highest BCUT2D eigenvalue weighted by atomic mass is 16.6. The van der Waals surface area contributed by atoms with Crippen LogP contribution in [0.5, 0.6) is 5.88 Å². The maximum atomic E-state index is 10.7. The molecule has 1 fully saturated rings. The Morgan fingerprint density at radius 1 is 1.62 bits per heavy atom. The molecule has 0 aliphatic carbocycles. The molecule has 0 bridgehead atoms. The van der Waals surface area contributed by atoms with Crippen molar-refractivity contribution in [3.8, 4) is 5.88 Å². The summed E-state index contributed by atoms with van der Waals surface area (Å²) in [5, 5.41) is 17.9. The van der Waals surface area contributed by atoms with Crippen molar-refractivity contribution in [3.63, 3.8) is 0 Å². The van der Waals surface area contributed by atoms with E-state index in [1.165, 1.54) is 10.9 Å². The number of aryl methyl sites for hydroxylation is 1. The number of nitro groups is 1. The van der Waals surface area contributed by atoms with Gasteiger partial charge in [0, 0.05) is 7.05 Å². The first-order chi connectivity index (χ1) is 7.66. The molecular formula is C9H14N4O3. The van der Waals surface area contributed by atoms with Crippen LogP contribution >= 0.6 is 0 Å². The molecule has 7 nitrogen and oxygen atoms in total. The lowest BCUT2D eigenvalue weighted by molar-refractivity contribution is -0.386. The molecule has 16 heavy (non-hydrogen) atoms. The van der Waals surface area contributed by atoms with Gasteiger partial charge in [-0.1, -0.05) is 0 Å². The van der Waals surface area contributed by atoms with Crippen molar-refractivity contribution in [1.82, 2.24) is 15.1 Å². The van der Waals surface area contributed by atoms with Gasteiger partial charge in [-0.3, -0.25) is 14.8 Å². The van der Waals surface area contributed by atoms with E-state index in [1.54, 1.807) is 7.05 Å². The van der Waals surface area contributed by atoms with Gasteiger partial charge in [-0.15, -0.1) is 5.10 Å². The lowest BCUT2D eigenvalue weighted by Crippen LogP contribution is -2.34. The maximum Gasteiger partial charge on any atom is 0.350 e. The van der Waals surface area contributed by atoms with Crippen LogP contribution in [0.15, 0.2) is 6.20 Å². The quantitative estimate of drug-likeness (QED) is 0.598. The second-order valence-corrected chi connectivity index (χ2v) is 3.82. The fraction of sp³-hybridized carbons (Fsp3) is 0.667. The summed E-state index contributed by atoms with van der Waals surface area (Å²) in [7, 11) is 1.64. The van der Waals surface area contributed by atoms with Gasteiger partial charge in [-0.05, 0) is 25.9 Å². The Balaban J connectivity index is 2.10. The number of hydrogen-bond acceptors (Lipinski definition) is 5. The second-order valence-electron chi connectivity index (χ2n) is 3.82. The zero-order chi connectivity index (χ0) is 11.5. The third-order valence-corrected chi connectivity index (χ3v) is 2.54. The van der Waals surface area contributed by atoms with Crippen LogP contribution in [-0.2, 0) is 7.05 Å². The summed E-state index contributed by atoms with van der Waals surface area (Å²) in [6, 6.07) is 0. The largest absolute Gasteiger partial charge is 0.468 e. The molecule has 2 heterocycles. The van der Waals surface area contributed by atoms with Gasteiger partial charge in [0.2, 0.25) is 0 Å². The molecular weight excluding hydrogens is 212 g/mol. The molecule has 0 radical (unpaired) electrons. The molecule has 1 saturated heterocycles. The van der Waals surface area contributed by atoms with E-state index in [0.29, 0.717) is 0 Å². The Morgan fingerprint density at radius 3 is 2.94 bits per heavy atom. The zero-order valence-electron chi connectivity index (χ0n) is 9.05. The van der Waals surface area contributed by atoms with Crippen LogP contribution in [-0.4, -0.2) is 33.9 Å². The molecule has 1 aromatic heterocycles. The lowest BCUT2D eigenvalue weighted by atomic mass is 10.1. The summed E-state index contributed by atoms with van der Waals surface area (Å²) in [6.07, 6.45) is 3.09. The van der Waals surface area contributed by atoms with Crippen LogP contribution in [0.3, 0.4) is 0 Å². The van der Waals surface area contributed by atoms with Gasteiger partial charge in [-0.25, -0.2) is 0 Å². The Hall–Kier alpha value is -1.63. The van der Waals surface area contributed by atoms with Gasteiger partial charge in [0.25, 0.3) is 0 Å². The number of rotatable bonds is 3. The fourth-order valence-electron chi connectivity index (χ4n) is 1.74. The molecule has 1 aliphatic rings. The van der Waals surface area contributed by atoms with E-state index in [-0.39, 0.29) is 17.7 Å². The van der Waals surface area contributed by atoms with Crippen LogP contribution in [0.25, 0.3) is 0 Å². The molecule has 1 N–H and O–H groups in total. The van der Waals surface area contributed by atoms with E-state index in [4.69, 9.17) is 4.74 Å². The molecule has 0 spiro atoms. The Morgan fingerprint density at radius 2 is 2.31 bits per heavy atom. The van der Waals surface area contributed by atoms with E-state index < -0.39 is 4.92 Å². The zero-order valence-corrected chi connectivity index (χ0v) is 9.05. The molecule has 1 aromatic rings. The standard InChI is InChI=1S/C9H14N4O3/c1-12-6-8(13(14)15)9(11-12)16-7-2-4-10-5-3-7/h6-7,10H,2-5H2,1H3.